The average molecular weight is 385 g/mol. The SMILES string of the molecule is CC=CC(OCc1ccccc1)(C(=O)O)c1cc(C(F)(F)F)ccc1Cl. The van der Waals surface area contributed by atoms with Gasteiger partial charge in [0.2, 0.25) is 5.60 Å². The first-order valence-corrected chi connectivity index (χ1v) is 8.01. The molecule has 0 heterocycles. The fourth-order valence-corrected chi connectivity index (χ4v) is 2.71. The van der Waals surface area contributed by atoms with Gasteiger partial charge < -0.3 is 9.84 Å². The Bertz CT molecular complexity index is 803. The smallest absolute Gasteiger partial charge is 0.416 e. The summed E-state index contributed by atoms with van der Waals surface area (Å²) in [5.74, 6) is -1.47. The molecule has 0 spiro atoms. The molecule has 1 N–H and O–H groups in total. The van der Waals surface area contributed by atoms with Crippen molar-refractivity contribution in [2.75, 3.05) is 0 Å². The molecular formula is C19H16ClF3O3. The van der Waals surface area contributed by atoms with Crippen molar-refractivity contribution >= 4 is 17.6 Å². The summed E-state index contributed by atoms with van der Waals surface area (Å²) in [6, 6.07) is 11.2. The standard InChI is InChI=1S/C19H16ClF3O3/c1-2-10-18(17(24)25,26-12-13-6-4-3-5-7-13)15-11-14(19(21,22)23)8-9-16(15)20/h2-11H,12H2,1H3,(H,24,25). The summed E-state index contributed by atoms with van der Waals surface area (Å²) in [5, 5.41) is 9.66. The molecule has 2 rings (SSSR count). The number of allylic oxidation sites excluding steroid dienone is 1. The van der Waals surface area contributed by atoms with Crippen molar-refractivity contribution in [3.63, 3.8) is 0 Å². The minimum absolute atomic E-state index is 0.121. The molecule has 0 aliphatic heterocycles. The topological polar surface area (TPSA) is 46.5 Å². The predicted octanol–water partition coefficient (Wildman–Crippen LogP) is 5.43. The van der Waals surface area contributed by atoms with Crippen molar-refractivity contribution in [3.05, 3.63) is 82.4 Å². The largest absolute Gasteiger partial charge is 0.479 e. The van der Waals surface area contributed by atoms with Gasteiger partial charge in [0, 0.05) is 10.6 Å². The lowest BCUT2D eigenvalue weighted by Crippen LogP contribution is -2.37. The van der Waals surface area contributed by atoms with E-state index in [0.717, 1.165) is 12.1 Å². The second-order valence-electron chi connectivity index (χ2n) is 5.51. The Morgan fingerprint density at radius 3 is 2.38 bits per heavy atom. The Balaban J connectivity index is 2.55. The predicted molar refractivity (Wildman–Crippen MR) is 91.8 cm³/mol. The maximum absolute atomic E-state index is 13.1. The van der Waals surface area contributed by atoms with Crippen LogP contribution in [-0.2, 0) is 27.9 Å². The van der Waals surface area contributed by atoms with Crippen LogP contribution in [0.1, 0.15) is 23.6 Å². The van der Waals surface area contributed by atoms with Gasteiger partial charge in [-0.2, -0.15) is 13.2 Å². The van der Waals surface area contributed by atoms with E-state index in [2.05, 4.69) is 0 Å². The van der Waals surface area contributed by atoms with E-state index in [4.69, 9.17) is 16.3 Å². The summed E-state index contributed by atoms with van der Waals surface area (Å²) in [4.78, 5) is 12.0. The molecule has 0 fully saturated rings. The second-order valence-corrected chi connectivity index (χ2v) is 5.91. The molecule has 1 unspecified atom stereocenters. The van der Waals surface area contributed by atoms with Crippen LogP contribution in [0.4, 0.5) is 13.2 Å². The van der Waals surface area contributed by atoms with E-state index in [0.29, 0.717) is 11.6 Å². The average Bonchev–Trinajstić information content (AvgIpc) is 2.59. The summed E-state index contributed by atoms with van der Waals surface area (Å²) < 4.78 is 44.8. The third-order valence-corrected chi connectivity index (χ3v) is 4.05. The third kappa shape index (κ3) is 4.26. The summed E-state index contributed by atoms with van der Waals surface area (Å²) in [6.45, 7) is 1.43. The van der Waals surface area contributed by atoms with Gasteiger partial charge >= 0.3 is 12.1 Å². The quantitative estimate of drug-likeness (QED) is 0.675. The number of hydrogen-bond donors (Lipinski definition) is 1. The van der Waals surface area contributed by atoms with E-state index in [1.165, 1.54) is 12.2 Å². The molecule has 0 aromatic heterocycles. The summed E-state index contributed by atoms with van der Waals surface area (Å²) >= 11 is 6.05. The second kappa shape index (κ2) is 7.93. The molecule has 0 amide bonds. The van der Waals surface area contributed by atoms with Crippen molar-refractivity contribution in [2.24, 2.45) is 0 Å². The van der Waals surface area contributed by atoms with Gasteiger partial charge in [0.05, 0.1) is 12.2 Å². The monoisotopic (exact) mass is 384 g/mol. The Labute approximate surface area is 153 Å². The van der Waals surface area contributed by atoms with Gasteiger partial charge in [0.25, 0.3) is 0 Å². The number of carbonyl (C=O) groups is 1. The molecule has 3 nitrogen and oxygen atoms in total. The highest BCUT2D eigenvalue weighted by Gasteiger charge is 2.43. The van der Waals surface area contributed by atoms with Crippen LogP contribution in [-0.4, -0.2) is 11.1 Å². The molecule has 2 aromatic carbocycles. The number of rotatable bonds is 6. The van der Waals surface area contributed by atoms with Gasteiger partial charge in [-0.05, 0) is 36.8 Å². The van der Waals surface area contributed by atoms with Crippen LogP contribution in [0.15, 0.2) is 60.7 Å². The van der Waals surface area contributed by atoms with Crippen molar-refractivity contribution in [1.82, 2.24) is 0 Å². The minimum Gasteiger partial charge on any atom is -0.479 e. The van der Waals surface area contributed by atoms with Gasteiger partial charge in [0.1, 0.15) is 0 Å². The van der Waals surface area contributed by atoms with Gasteiger partial charge in [-0.25, -0.2) is 4.79 Å². The van der Waals surface area contributed by atoms with Crippen LogP contribution in [0.5, 0.6) is 0 Å². The van der Waals surface area contributed by atoms with E-state index >= 15 is 0 Å². The third-order valence-electron chi connectivity index (χ3n) is 3.72. The molecule has 0 saturated carbocycles. The molecule has 26 heavy (non-hydrogen) atoms. The lowest BCUT2D eigenvalue weighted by atomic mass is 9.91. The number of benzene rings is 2. The number of carboxylic acid groups (broad SMARTS) is 1. The van der Waals surface area contributed by atoms with Crippen LogP contribution in [0, 0.1) is 0 Å². The first-order valence-electron chi connectivity index (χ1n) is 7.63. The minimum atomic E-state index is -4.64. The van der Waals surface area contributed by atoms with Gasteiger partial charge in [-0.3, -0.25) is 0 Å². The molecule has 2 aromatic rings. The number of aliphatic carboxylic acids is 1. The van der Waals surface area contributed by atoms with Crippen LogP contribution in [0.2, 0.25) is 5.02 Å². The summed E-state index contributed by atoms with van der Waals surface area (Å²) in [7, 11) is 0. The fraction of sp³-hybridized carbons (Fsp3) is 0.211. The molecule has 0 aliphatic rings. The Kier molecular flexibility index (Phi) is 6.10. The lowest BCUT2D eigenvalue weighted by Gasteiger charge is -2.28. The highest BCUT2D eigenvalue weighted by Crippen LogP contribution is 2.39. The maximum Gasteiger partial charge on any atom is 0.416 e. The zero-order valence-corrected chi connectivity index (χ0v) is 14.5. The summed E-state index contributed by atoms with van der Waals surface area (Å²) in [6.07, 6.45) is -2.06. The van der Waals surface area contributed by atoms with E-state index in [1.807, 2.05) is 0 Å². The van der Waals surface area contributed by atoms with E-state index < -0.39 is 23.3 Å². The normalized spacial score (nSPS) is 14.3. The zero-order chi connectivity index (χ0) is 19.4. The lowest BCUT2D eigenvalue weighted by molar-refractivity contribution is -0.162. The van der Waals surface area contributed by atoms with Crippen LogP contribution in [0.25, 0.3) is 0 Å². The van der Waals surface area contributed by atoms with E-state index in [9.17, 15) is 23.1 Å². The molecule has 0 bridgehead atoms. The Hall–Kier alpha value is -2.31. The highest BCUT2D eigenvalue weighted by molar-refractivity contribution is 6.31. The van der Waals surface area contributed by atoms with Crippen LogP contribution in [0.3, 0.4) is 0 Å². The molecule has 138 valence electrons. The zero-order valence-electron chi connectivity index (χ0n) is 13.8. The Morgan fingerprint density at radius 1 is 1.19 bits per heavy atom. The maximum atomic E-state index is 13.1. The molecule has 0 aliphatic carbocycles. The van der Waals surface area contributed by atoms with Gasteiger partial charge in [-0.1, -0.05) is 48.0 Å². The number of carboxylic acids is 1. The molecular weight excluding hydrogens is 369 g/mol. The number of alkyl halides is 3. The summed E-state index contributed by atoms with van der Waals surface area (Å²) in [5.41, 5.74) is -2.76. The molecule has 1 atom stereocenters. The van der Waals surface area contributed by atoms with E-state index in [-0.39, 0.29) is 17.2 Å². The molecule has 0 saturated heterocycles. The van der Waals surface area contributed by atoms with E-state index in [1.54, 1.807) is 37.3 Å². The number of halogens is 4. The van der Waals surface area contributed by atoms with Crippen molar-refractivity contribution in [1.29, 1.82) is 0 Å². The highest BCUT2D eigenvalue weighted by atomic mass is 35.5. The Morgan fingerprint density at radius 2 is 1.85 bits per heavy atom. The first-order chi connectivity index (χ1) is 12.2. The van der Waals surface area contributed by atoms with Gasteiger partial charge in [0.15, 0.2) is 0 Å². The van der Waals surface area contributed by atoms with Crippen LogP contribution >= 0.6 is 11.6 Å². The molecule has 7 heteroatoms. The fourth-order valence-electron chi connectivity index (χ4n) is 2.46. The van der Waals surface area contributed by atoms with Crippen molar-refractivity contribution < 1.29 is 27.8 Å². The first kappa shape index (κ1) is 20.0. The molecule has 0 radical (unpaired) electrons. The number of ether oxygens (including phenoxy) is 1. The van der Waals surface area contributed by atoms with Crippen LogP contribution < -0.4 is 0 Å². The van der Waals surface area contributed by atoms with Crippen molar-refractivity contribution in [3.8, 4) is 0 Å². The van der Waals surface area contributed by atoms with Crippen molar-refractivity contribution in [2.45, 2.75) is 25.3 Å². The van der Waals surface area contributed by atoms with Gasteiger partial charge in [-0.15, -0.1) is 0 Å². The number of hydrogen-bond acceptors (Lipinski definition) is 2.